The lowest BCUT2D eigenvalue weighted by Gasteiger charge is -2.32. The average Bonchev–Trinajstić information content (AvgIpc) is 2.54. The number of carboxylic acids is 1. The van der Waals surface area contributed by atoms with Crippen molar-refractivity contribution in [2.45, 2.75) is 12.8 Å². The molecule has 24 heavy (non-hydrogen) atoms. The molecular weight excluding hydrogens is 355 g/mol. The van der Waals surface area contributed by atoms with Gasteiger partial charge >= 0.3 is 5.97 Å². The van der Waals surface area contributed by atoms with E-state index in [1.54, 1.807) is 18.2 Å². The maximum Gasteiger partial charge on any atom is 0.308 e. The maximum absolute atomic E-state index is 12.5. The summed E-state index contributed by atoms with van der Waals surface area (Å²) in [6, 6.07) is 4.74. The van der Waals surface area contributed by atoms with Gasteiger partial charge in [-0.3, -0.25) is 14.4 Å². The van der Waals surface area contributed by atoms with Crippen LogP contribution in [0.1, 0.15) is 23.2 Å². The van der Waals surface area contributed by atoms with Gasteiger partial charge in [-0.25, -0.2) is 0 Å². The van der Waals surface area contributed by atoms with Crippen molar-refractivity contribution in [2.24, 2.45) is 5.92 Å². The number of carbonyl (C=O) groups is 3. The topological polar surface area (TPSA) is 77.9 Å². The Labute approximate surface area is 149 Å². The van der Waals surface area contributed by atoms with Gasteiger partial charge in [0, 0.05) is 20.1 Å². The third-order valence-electron chi connectivity index (χ3n) is 4.02. The molecule has 0 aliphatic carbocycles. The predicted molar refractivity (Wildman–Crippen MR) is 90.4 cm³/mol. The molecule has 8 heteroatoms. The molecular formula is C16H18Cl2N2O4. The Morgan fingerprint density at radius 3 is 2.50 bits per heavy atom. The van der Waals surface area contributed by atoms with Crippen molar-refractivity contribution < 1.29 is 19.5 Å². The number of likely N-dealkylation sites (tertiary alicyclic amines) is 1. The SMILES string of the molecule is CN(CC(=O)N1CCCC(C(=O)O)C1)C(=O)c1c(Cl)cccc1Cl. The Bertz CT molecular complexity index is 645. The van der Waals surface area contributed by atoms with Gasteiger partial charge in [-0.15, -0.1) is 0 Å². The van der Waals surface area contributed by atoms with E-state index in [-0.39, 0.29) is 34.6 Å². The fraction of sp³-hybridized carbons (Fsp3) is 0.438. The molecule has 1 aromatic rings. The van der Waals surface area contributed by atoms with Gasteiger partial charge in [-0.05, 0) is 25.0 Å². The number of nitrogens with zero attached hydrogens (tertiary/aromatic N) is 2. The van der Waals surface area contributed by atoms with Crippen molar-refractivity contribution in [2.75, 3.05) is 26.7 Å². The van der Waals surface area contributed by atoms with Crippen molar-refractivity contribution in [1.82, 2.24) is 9.80 Å². The lowest BCUT2D eigenvalue weighted by atomic mass is 9.98. The van der Waals surface area contributed by atoms with Crippen LogP contribution < -0.4 is 0 Å². The zero-order chi connectivity index (χ0) is 17.9. The highest BCUT2D eigenvalue weighted by atomic mass is 35.5. The van der Waals surface area contributed by atoms with E-state index in [2.05, 4.69) is 0 Å². The molecule has 6 nitrogen and oxygen atoms in total. The molecule has 1 unspecified atom stereocenters. The summed E-state index contributed by atoms with van der Waals surface area (Å²) in [5, 5.41) is 9.52. The fourth-order valence-corrected chi connectivity index (χ4v) is 3.23. The van der Waals surface area contributed by atoms with Gasteiger partial charge in [0.2, 0.25) is 5.91 Å². The van der Waals surface area contributed by atoms with E-state index in [4.69, 9.17) is 28.3 Å². The molecule has 0 bridgehead atoms. The van der Waals surface area contributed by atoms with Gasteiger partial charge < -0.3 is 14.9 Å². The van der Waals surface area contributed by atoms with Crippen LogP contribution in [0.3, 0.4) is 0 Å². The van der Waals surface area contributed by atoms with Gasteiger partial charge in [0.05, 0.1) is 28.1 Å². The smallest absolute Gasteiger partial charge is 0.308 e. The molecule has 1 fully saturated rings. The first kappa shape index (κ1) is 18.5. The summed E-state index contributed by atoms with van der Waals surface area (Å²) in [5.74, 6) is -2.20. The number of carboxylic acid groups (broad SMARTS) is 1. The van der Waals surface area contributed by atoms with Crippen molar-refractivity contribution >= 4 is 41.0 Å². The minimum atomic E-state index is -0.903. The van der Waals surface area contributed by atoms with Crippen molar-refractivity contribution in [1.29, 1.82) is 0 Å². The fourth-order valence-electron chi connectivity index (χ4n) is 2.67. The Kier molecular flexibility index (Phi) is 6.07. The number of rotatable bonds is 4. The number of halogens is 2. The highest BCUT2D eigenvalue weighted by Gasteiger charge is 2.29. The van der Waals surface area contributed by atoms with Crippen LogP contribution in [0.25, 0.3) is 0 Å². The van der Waals surface area contributed by atoms with Crippen LogP contribution in [0.15, 0.2) is 18.2 Å². The van der Waals surface area contributed by atoms with Crippen LogP contribution >= 0.6 is 23.2 Å². The molecule has 0 spiro atoms. The third-order valence-corrected chi connectivity index (χ3v) is 4.65. The number of likely N-dealkylation sites (N-methyl/N-ethyl adjacent to an activating group) is 1. The van der Waals surface area contributed by atoms with Crippen LogP contribution in [0.2, 0.25) is 10.0 Å². The number of amides is 2. The Hall–Kier alpha value is -1.79. The molecule has 0 saturated carbocycles. The number of hydrogen-bond acceptors (Lipinski definition) is 3. The molecule has 2 rings (SSSR count). The summed E-state index contributed by atoms with van der Waals surface area (Å²) in [6.45, 7) is 0.507. The first-order valence-corrected chi connectivity index (χ1v) is 8.27. The highest BCUT2D eigenvalue weighted by molar-refractivity contribution is 6.39. The van der Waals surface area contributed by atoms with E-state index in [0.29, 0.717) is 19.4 Å². The van der Waals surface area contributed by atoms with Gasteiger partial charge in [0.25, 0.3) is 5.91 Å². The van der Waals surface area contributed by atoms with Gasteiger partial charge in [-0.2, -0.15) is 0 Å². The van der Waals surface area contributed by atoms with Gasteiger partial charge in [0.1, 0.15) is 0 Å². The van der Waals surface area contributed by atoms with Crippen LogP contribution in [0.4, 0.5) is 0 Å². The Morgan fingerprint density at radius 1 is 1.29 bits per heavy atom. The summed E-state index contributed by atoms with van der Waals surface area (Å²) in [6.07, 6.45) is 1.19. The van der Waals surface area contributed by atoms with Crippen LogP contribution in [0.5, 0.6) is 0 Å². The lowest BCUT2D eigenvalue weighted by molar-refractivity contribution is -0.145. The molecule has 1 aliphatic heterocycles. The highest BCUT2D eigenvalue weighted by Crippen LogP contribution is 2.25. The van der Waals surface area contributed by atoms with E-state index in [1.807, 2.05) is 0 Å². The zero-order valence-electron chi connectivity index (χ0n) is 13.2. The normalized spacial score (nSPS) is 17.5. The number of piperidine rings is 1. The molecule has 1 saturated heterocycles. The first-order chi connectivity index (χ1) is 11.3. The van der Waals surface area contributed by atoms with E-state index in [9.17, 15) is 14.4 Å². The lowest BCUT2D eigenvalue weighted by Crippen LogP contribution is -2.47. The molecule has 0 radical (unpaired) electrons. The van der Waals surface area contributed by atoms with Crippen molar-refractivity contribution in [3.63, 3.8) is 0 Å². The second kappa shape index (κ2) is 7.85. The largest absolute Gasteiger partial charge is 0.481 e. The summed E-state index contributed by atoms with van der Waals surface area (Å²) < 4.78 is 0. The molecule has 130 valence electrons. The van der Waals surface area contributed by atoms with Crippen LogP contribution in [0, 0.1) is 5.92 Å². The average molecular weight is 373 g/mol. The second-order valence-electron chi connectivity index (χ2n) is 5.78. The Balaban J connectivity index is 2.03. The molecule has 1 aliphatic rings. The van der Waals surface area contributed by atoms with Gasteiger partial charge in [-0.1, -0.05) is 29.3 Å². The van der Waals surface area contributed by atoms with E-state index in [0.717, 1.165) is 0 Å². The number of carbonyl (C=O) groups excluding carboxylic acids is 2. The van der Waals surface area contributed by atoms with E-state index in [1.165, 1.54) is 16.8 Å². The second-order valence-corrected chi connectivity index (χ2v) is 6.59. The third kappa shape index (κ3) is 4.19. The summed E-state index contributed by atoms with van der Waals surface area (Å²) >= 11 is 12.0. The summed E-state index contributed by atoms with van der Waals surface area (Å²) in [7, 11) is 1.48. The minimum Gasteiger partial charge on any atom is -0.481 e. The quantitative estimate of drug-likeness (QED) is 0.879. The number of aliphatic carboxylic acids is 1. The summed E-state index contributed by atoms with van der Waals surface area (Å²) in [4.78, 5) is 38.6. The maximum atomic E-state index is 12.5. The molecule has 1 N–H and O–H groups in total. The number of hydrogen-bond donors (Lipinski definition) is 1. The standard InChI is InChI=1S/C16H18Cl2N2O4/c1-19(15(22)14-11(17)5-2-6-12(14)18)9-13(21)20-7-3-4-10(8-20)16(23)24/h2,5-6,10H,3-4,7-9H2,1H3,(H,23,24). The first-order valence-electron chi connectivity index (χ1n) is 7.51. The molecule has 0 aromatic heterocycles. The minimum absolute atomic E-state index is 0.151. The predicted octanol–water partition coefficient (Wildman–Crippen LogP) is 2.39. The van der Waals surface area contributed by atoms with Gasteiger partial charge in [0.15, 0.2) is 0 Å². The van der Waals surface area contributed by atoms with Crippen molar-refractivity contribution in [3.8, 4) is 0 Å². The van der Waals surface area contributed by atoms with Crippen molar-refractivity contribution in [3.05, 3.63) is 33.8 Å². The van der Waals surface area contributed by atoms with E-state index < -0.39 is 17.8 Å². The molecule has 2 amide bonds. The number of benzene rings is 1. The van der Waals surface area contributed by atoms with E-state index >= 15 is 0 Å². The Morgan fingerprint density at radius 2 is 1.92 bits per heavy atom. The van der Waals surface area contributed by atoms with Crippen LogP contribution in [-0.2, 0) is 9.59 Å². The molecule has 1 heterocycles. The molecule has 1 aromatic carbocycles. The monoisotopic (exact) mass is 372 g/mol. The molecule has 1 atom stereocenters. The zero-order valence-corrected chi connectivity index (χ0v) is 14.7. The summed E-state index contributed by atoms with van der Waals surface area (Å²) in [5.41, 5.74) is 0.151. The van der Waals surface area contributed by atoms with Crippen LogP contribution in [-0.4, -0.2) is 59.4 Å².